The van der Waals surface area contributed by atoms with E-state index in [1.807, 2.05) is 24.3 Å². The largest absolute Gasteiger partial charge is 0.493 e. The minimum absolute atomic E-state index is 0.00897. The highest BCUT2D eigenvalue weighted by atomic mass is 32.2. The molecule has 1 aromatic heterocycles. The number of thioether (sulfide) groups is 1. The van der Waals surface area contributed by atoms with E-state index in [2.05, 4.69) is 14.9 Å². The molecule has 2 saturated heterocycles. The number of aromatic amines is 1. The summed E-state index contributed by atoms with van der Waals surface area (Å²) in [6, 6.07) is 11.3. The molecule has 3 heterocycles. The van der Waals surface area contributed by atoms with E-state index in [4.69, 9.17) is 19.9 Å². The van der Waals surface area contributed by atoms with Crippen LogP contribution in [0, 0.1) is 11.7 Å². The first-order chi connectivity index (χ1) is 20.5. The molecule has 0 atom stereocenters. The maximum absolute atomic E-state index is 14.9. The summed E-state index contributed by atoms with van der Waals surface area (Å²) >= 11 is 1.76. The molecule has 0 radical (unpaired) electrons. The van der Waals surface area contributed by atoms with Crippen LogP contribution in [0.1, 0.15) is 57.2 Å². The maximum atomic E-state index is 14.9. The second kappa shape index (κ2) is 13.7. The Balaban J connectivity index is 0.972. The van der Waals surface area contributed by atoms with Crippen molar-refractivity contribution in [2.24, 2.45) is 5.92 Å². The molecule has 2 aliphatic heterocycles. The Morgan fingerprint density at radius 3 is 2.48 bits per heavy atom. The summed E-state index contributed by atoms with van der Waals surface area (Å²) in [5.41, 5.74) is 6.44. The predicted molar refractivity (Wildman–Crippen MR) is 165 cm³/mol. The summed E-state index contributed by atoms with van der Waals surface area (Å²) in [7, 11) is 0. The third-order valence-corrected chi connectivity index (χ3v) is 10.3. The van der Waals surface area contributed by atoms with Gasteiger partial charge in [-0.2, -0.15) is 11.8 Å². The minimum atomic E-state index is -0.590. The first kappa shape index (κ1) is 29.3. The molecule has 1 saturated carbocycles. The van der Waals surface area contributed by atoms with Crippen LogP contribution in [0.3, 0.4) is 0 Å². The molecule has 1 aliphatic carbocycles. The number of likely N-dealkylation sites (tertiary alicyclic amines) is 1. The lowest BCUT2D eigenvalue weighted by Gasteiger charge is -2.40. The zero-order valence-electron chi connectivity index (χ0n) is 24.1. The highest BCUT2D eigenvalue weighted by Gasteiger charge is 2.30. The van der Waals surface area contributed by atoms with E-state index in [-0.39, 0.29) is 11.5 Å². The molecular weight excluding hydrogens is 555 g/mol. The summed E-state index contributed by atoms with van der Waals surface area (Å²) in [5, 5.41) is 0.479. The van der Waals surface area contributed by atoms with Crippen LogP contribution in [0.15, 0.2) is 41.2 Å². The van der Waals surface area contributed by atoms with Gasteiger partial charge in [0.15, 0.2) is 0 Å². The van der Waals surface area contributed by atoms with Crippen LogP contribution in [-0.2, 0) is 10.5 Å². The lowest BCUT2D eigenvalue weighted by Crippen LogP contribution is -2.45. The number of fused-ring (bicyclic) bond motifs is 1. The first-order valence-electron chi connectivity index (χ1n) is 15.3. The second-order valence-corrected chi connectivity index (χ2v) is 13.1. The number of aromatic nitrogens is 2. The smallest absolute Gasteiger partial charge is 0.261 e. The number of nitrogens with zero attached hydrogens (tertiary/aromatic N) is 2. The van der Waals surface area contributed by atoms with Gasteiger partial charge in [-0.15, -0.1) is 0 Å². The molecule has 42 heavy (non-hydrogen) atoms. The summed E-state index contributed by atoms with van der Waals surface area (Å²) in [6.07, 6.45) is 8.79. The van der Waals surface area contributed by atoms with Crippen LogP contribution in [0.2, 0.25) is 0 Å². The number of nitrogen functional groups attached to an aromatic ring is 1. The molecule has 3 fully saturated rings. The van der Waals surface area contributed by atoms with E-state index in [0.29, 0.717) is 46.7 Å². The molecule has 8 nitrogen and oxygen atoms in total. The zero-order chi connectivity index (χ0) is 28.9. The van der Waals surface area contributed by atoms with Crippen molar-refractivity contribution in [3.8, 4) is 11.5 Å². The summed E-state index contributed by atoms with van der Waals surface area (Å²) in [5.74, 6) is 2.32. The molecular formula is C32H41FN4O4S. The van der Waals surface area contributed by atoms with E-state index >= 15 is 0 Å². The minimum Gasteiger partial charge on any atom is -0.493 e. The fourth-order valence-electron chi connectivity index (χ4n) is 6.43. The van der Waals surface area contributed by atoms with Gasteiger partial charge in [0, 0.05) is 55.4 Å². The Labute approximate surface area is 250 Å². The van der Waals surface area contributed by atoms with Crippen molar-refractivity contribution in [2.45, 2.75) is 74.5 Å². The summed E-state index contributed by atoms with van der Waals surface area (Å²) in [6.45, 7) is 4.21. The van der Waals surface area contributed by atoms with E-state index < -0.39 is 11.4 Å². The lowest BCUT2D eigenvalue weighted by atomic mass is 9.85. The van der Waals surface area contributed by atoms with Gasteiger partial charge in [0.05, 0.1) is 17.9 Å². The topological polar surface area (TPSA) is 103 Å². The first-order valence-corrected chi connectivity index (χ1v) is 16.4. The molecule has 0 spiro atoms. The Bertz CT molecular complexity index is 1380. The Hall–Kier alpha value is -2.82. The number of piperidine rings is 1. The number of anilines is 1. The highest BCUT2D eigenvalue weighted by Crippen LogP contribution is 2.32. The maximum Gasteiger partial charge on any atom is 0.261 e. The number of hydrogen-bond acceptors (Lipinski definition) is 8. The second-order valence-electron chi connectivity index (χ2n) is 11.8. The van der Waals surface area contributed by atoms with Gasteiger partial charge in [0.1, 0.15) is 34.6 Å². The fraction of sp³-hybridized carbons (Fsp3) is 0.562. The molecule has 2 aromatic carbocycles. The van der Waals surface area contributed by atoms with Crippen LogP contribution in [0.4, 0.5) is 10.1 Å². The van der Waals surface area contributed by atoms with E-state index in [1.54, 1.807) is 17.8 Å². The summed E-state index contributed by atoms with van der Waals surface area (Å²) in [4.78, 5) is 22.6. The SMILES string of the molecule is Nc1ccc(OC2CCN(C3CCC(COc4cc(F)c5c(=O)[nH]c(CSC6CCOCC6)nc5c4)CC3)CC2)cc1. The number of benzene rings is 2. The lowest BCUT2D eigenvalue weighted by molar-refractivity contribution is 0.0524. The van der Waals surface area contributed by atoms with Crippen LogP contribution in [0.5, 0.6) is 11.5 Å². The van der Waals surface area contributed by atoms with E-state index in [9.17, 15) is 9.18 Å². The summed E-state index contributed by atoms with van der Waals surface area (Å²) < 4.78 is 32.6. The van der Waals surface area contributed by atoms with Crippen molar-refractivity contribution in [1.29, 1.82) is 0 Å². The van der Waals surface area contributed by atoms with Gasteiger partial charge in [0.25, 0.3) is 5.56 Å². The number of H-pyrrole nitrogens is 1. The number of hydrogen-bond donors (Lipinski definition) is 2. The standard InChI is InChI=1S/C32H41FN4O4S/c33-28-17-26(18-29-31(28)32(38)36-30(35-29)20-42-27-11-15-39-16-12-27)40-19-21-1-5-23(6-2-21)37-13-9-25(10-14-37)41-24-7-3-22(34)4-8-24/h3-4,7-8,17-18,21,23,25,27H,1-2,5-6,9-16,19-20,34H2,(H,35,36,38). The van der Waals surface area contributed by atoms with Crippen molar-refractivity contribution in [1.82, 2.24) is 14.9 Å². The van der Waals surface area contributed by atoms with E-state index in [0.717, 1.165) is 89.1 Å². The van der Waals surface area contributed by atoms with Gasteiger partial charge >= 0.3 is 0 Å². The predicted octanol–water partition coefficient (Wildman–Crippen LogP) is 5.54. The van der Waals surface area contributed by atoms with Gasteiger partial charge in [-0.05, 0) is 81.5 Å². The Morgan fingerprint density at radius 2 is 1.74 bits per heavy atom. The molecule has 0 unspecified atom stereocenters. The monoisotopic (exact) mass is 596 g/mol. The molecule has 3 N–H and O–H groups in total. The van der Waals surface area contributed by atoms with Crippen molar-refractivity contribution in [2.75, 3.05) is 38.6 Å². The third kappa shape index (κ3) is 7.38. The van der Waals surface area contributed by atoms with Crippen LogP contribution in [0.25, 0.3) is 10.9 Å². The van der Waals surface area contributed by atoms with Crippen molar-refractivity contribution in [3.05, 3.63) is 58.4 Å². The molecule has 0 bridgehead atoms. The molecule has 226 valence electrons. The van der Waals surface area contributed by atoms with Gasteiger partial charge < -0.3 is 29.8 Å². The molecule has 10 heteroatoms. The van der Waals surface area contributed by atoms with Crippen molar-refractivity contribution in [3.63, 3.8) is 0 Å². The Kier molecular flexibility index (Phi) is 9.51. The highest BCUT2D eigenvalue weighted by molar-refractivity contribution is 7.99. The zero-order valence-corrected chi connectivity index (χ0v) is 24.9. The van der Waals surface area contributed by atoms with Crippen LogP contribution < -0.4 is 20.8 Å². The average Bonchev–Trinajstić information content (AvgIpc) is 3.01. The van der Waals surface area contributed by atoms with Crippen molar-refractivity contribution < 1.29 is 18.6 Å². The van der Waals surface area contributed by atoms with Gasteiger partial charge in [-0.1, -0.05) is 0 Å². The molecule has 3 aliphatic rings. The quantitative estimate of drug-likeness (QED) is 0.311. The number of rotatable bonds is 9. The van der Waals surface area contributed by atoms with Gasteiger partial charge in [-0.25, -0.2) is 9.37 Å². The molecule has 3 aromatic rings. The number of ether oxygens (including phenoxy) is 3. The van der Waals surface area contributed by atoms with Crippen molar-refractivity contribution >= 4 is 28.4 Å². The average molecular weight is 597 g/mol. The van der Waals surface area contributed by atoms with Crippen LogP contribution >= 0.6 is 11.8 Å². The fourth-order valence-corrected chi connectivity index (χ4v) is 7.48. The van der Waals surface area contributed by atoms with E-state index in [1.165, 1.54) is 6.07 Å². The normalized spacial score (nSPS) is 22.8. The third-order valence-electron chi connectivity index (χ3n) is 8.89. The molecule has 0 amide bonds. The number of nitrogens with two attached hydrogens (primary N) is 1. The molecule has 6 rings (SSSR count). The number of halogens is 1. The van der Waals surface area contributed by atoms with Crippen LogP contribution in [-0.4, -0.2) is 65.2 Å². The van der Waals surface area contributed by atoms with Gasteiger partial charge in [-0.3, -0.25) is 4.79 Å². The van der Waals surface area contributed by atoms with Gasteiger partial charge in [0.2, 0.25) is 0 Å². The Morgan fingerprint density at radius 1 is 1.00 bits per heavy atom. The number of nitrogens with one attached hydrogen (secondary N) is 1.